The number of nitrogens with zero attached hydrogens (tertiary/aromatic N) is 4. The van der Waals surface area contributed by atoms with Crippen LogP contribution in [-0.4, -0.2) is 70.5 Å². The molecule has 4 aromatic rings. The molecular weight excluding hydrogens is 632 g/mol. The third kappa shape index (κ3) is 7.38. The summed E-state index contributed by atoms with van der Waals surface area (Å²) in [7, 11) is -4.59. The van der Waals surface area contributed by atoms with Crippen molar-refractivity contribution in [1.82, 2.24) is 19.9 Å². The fraction of sp³-hybridized carbons (Fsp3) is 0.333. The third-order valence-electron chi connectivity index (χ3n) is 7.51. The lowest BCUT2D eigenvalue weighted by atomic mass is 10.0. The van der Waals surface area contributed by atoms with Gasteiger partial charge in [-0.05, 0) is 55.7 Å². The number of aryl methyl sites for hydroxylation is 1. The number of pyridine rings is 1. The summed E-state index contributed by atoms with van der Waals surface area (Å²) < 4.78 is 87.7. The van der Waals surface area contributed by atoms with Gasteiger partial charge in [0.25, 0.3) is 0 Å². The van der Waals surface area contributed by atoms with E-state index in [0.29, 0.717) is 29.8 Å². The van der Waals surface area contributed by atoms with Crippen molar-refractivity contribution in [2.24, 2.45) is 5.92 Å². The van der Waals surface area contributed by atoms with Crippen LogP contribution in [0, 0.1) is 18.7 Å². The Kier molecular flexibility index (Phi) is 9.19. The van der Waals surface area contributed by atoms with Crippen LogP contribution in [0.5, 0.6) is 11.6 Å². The number of alkyl halides is 3. The Morgan fingerprint density at radius 3 is 2.63 bits per heavy atom. The molecule has 46 heavy (non-hydrogen) atoms. The maximum atomic E-state index is 15.0. The molecule has 2 aromatic carbocycles. The molecule has 0 radical (unpaired) electrons. The van der Waals surface area contributed by atoms with Crippen LogP contribution in [0.15, 0.2) is 54.9 Å². The highest BCUT2D eigenvalue weighted by Crippen LogP contribution is 2.40. The van der Waals surface area contributed by atoms with Gasteiger partial charge in [0.15, 0.2) is 0 Å². The third-order valence-corrected chi connectivity index (χ3v) is 8.96. The van der Waals surface area contributed by atoms with Crippen molar-refractivity contribution in [3.8, 4) is 22.9 Å². The average Bonchev–Trinajstić information content (AvgIpc) is 2.99. The minimum absolute atomic E-state index is 0.0673. The number of halogens is 4. The summed E-state index contributed by atoms with van der Waals surface area (Å²) in [6.07, 6.45) is -1.30. The number of hydrogen-bond acceptors (Lipinski definition) is 8. The number of carbonyl (C=O) groups is 1. The lowest BCUT2D eigenvalue weighted by molar-refractivity contribution is -0.163. The van der Waals surface area contributed by atoms with Crippen LogP contribution in [0.25, 0.3) is 22.0 Å². The Morgan fingerprint density at radius 1 is 1.13 bits per heavy atom. The monoisotopic (exact) mass is 662 g/mol. The van der Waals surface area contributed by atoms with Crippen LogP contribution in [0.2, 0.25) is 0 Å². The van der Waals surface area contributed by atoms with Crippen molar-refractivity contribution in [3.05, 3.63) is 66.2 Å². The molecule has 3 N–H and O–H groups in total. The Bertz CT molecular complexity index is 1870. The number of likely N-dealkylation sites (tertiary alicyclic amines) is 1. The van der Waals surface area contributed by atoms with Gasteiger partial charge >= 0.3 is 12.3 Å². The molecule has 1 saturated heterocycles. The first kappa shape index (κ1) is 32.7. The van der Waals surface area contributed by atoms with E-state index in [1.165, 1.54) is 29.4 Å². The molecule has 3 heterocycles. The molecule has 2 aromatic heterocycles. The van der Waals surface area contributed by atoms with Crippen LogP contribution < -0.4 is 14.8 Å². The zero-order chi connectivity index (χ0) is 33.2. The van der Waals surface area contributed by atoms with Gasteiger partial charge in [0, 0.05) is 42.3 Å². The molecular formula is C30H30F4N6O5S. The Morgan fingerprint density at radius 2 is 1.89 bits per heavy atom. The molecule has 1 aliphatic rings. The molecule has 244 valence electrons. The van der Waals surface area contributed by atoms with Gasteiger partial charge in [-0.3, -0.25) is 4.72 Å². The van der Waals surface area contributed by atoms with Crippen molar-refractivity contribution in [2.75, 3.05) is 28.9 Å². The molecule has 5 rings (SSSR count). The van der Waals surface area contributed by atoms with Crippen LogP contribution in [0.3, 0.4) is 0 Å². The van der Waals surface area contributed by atoms with E-state index in [9.17, 15) is 35.9 Å². The predicted molar refractivity (Wildman–Crippen MR) is 163 cm³/mol. The molecule has 2 atom stereocenters. The van der Waals surface area contributed by atoms with E-state index in [1.54, 1.807) is 31.2 Å². The van der Waals surface area contributed by atoms with E-state index in [0.717, 1.165) is 19.4 Å². The first-order valence-corrected chi connectivity index (χ1v) is 15.9. The quantitative estimate of drug-likeness (QED) is 0.173. The van der Waals surface area contributed by atoms with Gasteiger partial charge in [-0.1, -0.05) is 19.1 Å². The highest BCUT2D eigenvalue weighted by atomic mass is 32.2. The van der Waals surface area contributed by atoms with Gasteiger partial charge in [-0.25, -0.2) is 32.6 Å². The van der Waals surface area contributed by atoms with Crippen molar-refractivity contribution in [1.29, 1.82) is 0 Å². The zero-order valence-electron chi connectivity index (χ0n) is 24.7. The summed E-state index contributed by atoms with van der Waals surface area (Å²) >= 11 is 0. The SMILES string of the molecule is Cc1ccc2c(NS(=O)(=O)CC(C)C(F)(F)F)c(F)ccc2c1Oc1ncccc1-c1ccnc(N[C@H]2CCCN(C(=O)O)C2)n1. The Hall–Kier alpha value is -4.73. The zero-order valence-corrected chi connectivity index (χ0v) is 25.5. The summed E-state index contributed by atoms with van der Waals surface area (Å²) in [5.41, 5.74) is 0.973. The number of amides is 1. The summed E-state index contributed by atoms with van der Waals surface area (Å²) in [6, 6.07) is 10.2. The summed E-state index contributed by atoms with van der Waals surface area (Å²) in [4.78, 5) is 26.0. The van der Waals surface area contributed by atoms with E-state index >= 15 is 0 Å². The van der Waals surface area contributed by atoms with E-state index in [-0.39, 0.29) is 40.9 Å². The standard InChI is InChI=1S/C30H30F4N6O5S/c1-17-7-8-20-21(9-10-23(31)25(20)39-46(43,44)16-18(2)30(32,33)34)26(17)45-27-22(6-3-12-35-27)24-11-13-36-28(38-24)37-19-5-4-14-40(15-19)29(41)42/h3,6-13,18-19,39H,4-5,14-16H2,1-2H3,(H,41,42)(H,36,37,38)/t18?,19-/m0/s1. The first-order valence-electron chi connectivity index (χ1n) is 14.2. The van der Waals surface area contributed by atoms with E-state index < -0.39 is 45.5 Å². The Labute approximate surface area is 261 Å². The highest BCUT2D eigenvalue weighted by Gasteiger charge is 2.39. The van der Waals surface area contributed by atoms with E-state index in [1.807, 2.05) is 4.72 Å². The van der Waals surface area contributed by atoms with Crippen molar-refractivity contribution < 1.29 is 40.6 Å². The second-order valence-corrected chi connectivity index (χ2v) is 12.8. The molecule has 11 nitrogen and oxygen atoms in total. The van der Waals surface area contributed by atoms with Gasteiger partial charge in [0.05, 0.1) is 28.6 Å². The molecule has 0 bridgehead atoms. The number of rotatable bonds is 9. The molecule has 1 fully saturated rings. The number of fused-ring (bicyclic) bond motifs is 1. The maximum Gasteiger partial charge on any atom is 0.407 e. The maximum absolute atomic E-state index is 15.0. The fourth-order valence-corrected chi connectivity index (χ4v) is 6.56. The lowest BCUT2D eigenvalue weighted by Gasteiger charge is -2.31. The smallest absolute Gasteiger partial charge is 0.407 e. The Balaban J connectivity index is 1.46. The van der Waals surface area contributed by atoms with Gasteiger partial charge in [-0.15, -0.1) is 0 Å². The molecule has 0 saturated carbocycles. The number of nitrogens with one attached hydrogen (secondary N) is 2. The number of carboxylic acid groups (broad SMARTS) is 1. The largest absolute Gasteiger partial charge is 0.465 e. The van der Waals surface area contributed by atoms with Crippen LogP contribution in [0.1, 0.15) is 25.3 Å². The number of benzene rings is 2. The van der Waals surface area contributed by atoms with Gasteiger partial charge in [-0.2, -0.15) is 13.2 Å². The minimum Gasteiger partial charge on any atom is -0.465 e. The number of sulfonamides is 1. The first-order chi connectivity index (χ1) is 21.7. The van der Waals surface area contributed by atoms with Gasteiger partial charge < -0.3 is 20.1 Å². The number of anilines is 2. The van der Waals surface area contributed by atoms with Crippen molar-refractivity contribution >= 4 is 38.5 Å². The second-order valence-electron chi connectivity index (χ2n) is 11.0. The van der Waals surface area contributed by atoms with Crippen molar-refractivity contribution in [3.63, 3.8) is 0 Å². The van der Waals surface area contributed by atoms with Crippen LogP contribution in [-0.2, 0) is 10.0 Å². The molecule has 1 aliphatic heterocycles. The number of hydrogen-bond donors (Lipinski definition) is 3. The van der Waals surface area contributed by atoms with Crippen LogP contribution >= 0.6 is 0 Å². The molecule has 0 aliphatic carbocycles. The summed E-state index contributed by atoms with van der Waals surface area (Å²) in [5, 5.41) is 12.9. The molecule has 0 spiro atoms. The fourth-order valence-electron chi connectivity index (χ4n) is 5.11. The normalized spacial score (nSPS) is 16.2. The van der Waals surface area contributed by atoms with Gasteiger partial charge in [0.1, 0.15) is 11.6 Å². The average molecular weight is 663 g/mol. The summed E-state index contributed by atoms with van der Waals surface area (Å²) in [6.45, 7) is 3.19. The van der Waals surface area contributed by atoms with E-state index in [4.69, 9.17) is 4.74 Å². The molecule has 16 heteroatoms. The molecule has 1 unspecified atom stereocenters. The predicted octanol–water partition coefficient (Wildman–Crippen LogP) is 6.43. The number of piperidine rings is 1. The second kappa shape index (κ2) is 12.9. The number of aromatic nitrogens is 3. The number of ether oxygens (including phenoxy) is 1. The van der Waals surface area contributed by atoms with Crippen molar-refractivity contribution in [2.45, 2.75) is 38.9 Å². The highest BCUT2D eigenvalue weighted by molar-refractivity contribution is 7.92. The lowest BCUT2D eigenvalue weighted by Crippen LogP contribution is -2.44. The van der Waals surface area contributed by atoms with E-state index in [2.05, 4.69) is 20.3 Å². The van der Waals surface area contributed by atoms with Crippen LogP contribution in [0.4, 0.5) is 34.0 Å². The molecule has 1 amide bonds. The topological polar surface area (TPSA) is 147 Å². The van der Waals surface area contributed by atoms with Gasteiger partial charge in [0.2, 0.25) is 21.9 Å². The minimum atomic E-state index is -4.75. The summed E-state index contributed by atoms with van der Waals surface area (Å²) in [5.74, 6) is -3.83.